The fourth-order valence-electron chi connectivity index (χ4n) is 4.84. The van der Waals surface area contributed by atoms with Crippen LogP contribution in [-0.4, -0.2) is 48.2 Å². The van der Waals surface area contributed by atoms with Crippen LogP contribution in [0.4, 0.5) is 10.1 Å². The Bertz CT molecular complexity index is 1240. The van der Waals surface area contributed by atoms with Crippen LogP contribution >= 0.6 is 0 Å². The van der Waals surface area contributed by atoms with E-state index in [-0.39, 0.29) is 23.9 Å². The number of halogens is 1. The number of pyridine rings is 1. The van der Waals surface area contributed by atoms with Crippen LogP contribution in [0.1, 0.15) is 24.8 Å². The molecular formula is C27H30FN3O3. The molecule has 0 spiro atoms. The Morgan fingerprint density at radius 1 is 1.03 bits per heavy atom. The first-order chi connectivity index (χ1) is 16.5. The predicted octanol–water partition coefficient (Wildman–Crippen LogP) is 3.98. The van der Waals surface area contributed by atoms with Gasteiger partial charge < -0.3 is 19.1 Å². The lowest BCUT2D eigenvalue weighted by atomic mass is 9.85. The molecule has 1 saturated carbocycles. The van der Waals surface area contributed by atoms with Gasteiger partial charge in [0.15, 0.2) is 6.61 Å². The minimum atomic E-state index is -0.251. The van der Waals surface area contributed by atoms with Crippen molar-refractivity contribution in [2.24, 2.45) is 5.92 Å². The summed E-state index contributed by atoms with van der Waals surface area (Å²) >= 11 is 0. The number of ether oxygens (including phenoxy) is 1. The molecule has 0 bridgehead atoms. The van der Waals surface area contributed by atoms with Crippen molar-refractivity contribution in [3.63, 3.8) is 0 Å². The number of fused-ring (bicyclic) bond motifs is 1. The molecule has 1 saturated heterocycles. The van der Waals surface area contributed by atoms with Crippen LogP contribution in [0.15, 0.2) is 53.3 Å². The summed E-state index contributed by atoms with van der Waals surface area (Å²) in [6.45, 7) is 5.22. The van der Waals surface area contributed by atoms with Gasteiger partial charge in [0.25, 0.3) is 11.5 Å². The molecule has 2 aliphatic rings. The quantitative estimate of drug-likeness (QED) is 0.555. The van der Waals surface area contributed by atoms with Crippen molar-refractivity contribution in [2.75, 3.05) is 37.7 Å². The zero-order chi connectivity index (χ0) is 23.7. The molecule has 178 valence electrons. The van der Waals surface area contributed by atoms with Gasteiger partial charge in [-0.05, 0) is 67.6 Å². The third-order valence-electron chi connectivity index (χ3n) is 7.14. The summed E-state index contributed by atoms with van der Waals surface area (Å²) in [6.07, 6.45) is 3.57. The van der Waals surface area contributed by atoms with E-state index in [0.717, 1.165) is 28.7 Å². The first kappa shape index (κ1) is 22.4. The Labute approximate surface area is 198 Å². The lowest BCUT2D eigenvalue weighted by Gasteiger charge is -2.36. The highest BCUT2D eigenvalue weighted by Gasteiger charge is 2.22. The SMILES string of the molecule is Cc1cc(=O)n(CC2CCC2)c2cc(OCC(=O)N3CCN(c4ccc(F)cc4)CC3)ccc12. The largest absolute Gasteiger partial charge is 0.484 e. The standard InChI is InChI=1S/C27H30FN3O3/c1-19-15-26(32)31(17-20-3-2-4-20)25-16-23(9-10-24(19)25)34-18-27(33)30-13-11-29(12-14-30)22-7-5-21(28)6-8-22/h5-10,15-16,20H,2-4,11-14,17-18H2,1H3. The van der Waals surface area contributed by atoms with Gasteiger partial charge >= 0.3 is 0 Å². The van der Waals surface area contributed by atoms with E-state index in [1.807, 2.05) is 29.7 Å². The topological polar surface area (TPSA) is 54.8 Å². The zero-order valence-corrected chi connectivity index (χ0v) is 19.5. The number of carbonyl (C=O) groups excluding carboxylic acids is 1. The number of aryl methyl sites for hydroxylation is 1. The highest BCUT2D eigenvalue weighted by molar-refractivity contribution is 5.84. The monoisotopic (exact) mass is 463 g/mol. The van der Waals surface area contributed by atoms with Crippen molar-refractivity contribution in [1.82, 2.24) is 9.47 Å². The summed E-state index contributed by atoms with van der Waals surface area (Å²) in [5, 5.41) is 1.04. The second-order valence-corrected chi connectivity index (χ2v) is 9.39. The summed E-state index contributed by atoms with van der Waals surface area (Å²) in [6, 6.07) is 13.9. The molecule has 1 amide bonds. The first-order valence-electron chi connectivity index (χ1n) is 12.0. The number of benzene rings is 2. The van der Waals surface area contributed by atoms with Gasteiger partial charge in [0.1, 0.15) is 11.6 Å². The van der Waals surface area contributed by atoms with E-state index in [2.05, 4.69) is 4.90 Å². The van der Waals surface area contributed by atoms with E-state index in [4.69, 9.17) is 4.74 Å². The van der Waals surface area contributed by atoms with Gasteiger partial charge in [-0.15, -0.1) is 0 Å². The number of piperazine rings is 1. The highest BCUT2D eigenvalue weighted by Crippen LogP contribution is 2.30. The van der Waals surface area contributed by atoms with Gasteiger partial charge in [-0.2, -0.15) is 0 Å². The normalized spacial score (nSPS) is 16.5. The Morgan fingerprint density at radius 3 is 2.44 bits per heavy atom. The molecule has 0 atom stereocenters. The molecule has 2 aromatic carbocycles. The van der Waals surface area contributed by atoms with Crippen LogP contribution in [-0.2, 0) is 11.3 Å². The van der Waals surface area contributed by atoms with Crippen molar-refractivity contribution < 1.29 is 13.9 Å². The summed E-state index contributed by atoms with van der Waals surface area (Å²) in [4.78, 5) is 29.4. The van der Waals surface area contributed by atoms with Crippen molar-refractivity contribution >= 4 is 22.5 Å². The van der Waals surface area contributed by atoms with Crippen molar-refractivity contribution in [3.05, 3.63) is 70.3 Å². The van der Waals surface area contributed by atoms with Crippen LogP contribution in [0.25, 0.3) is 10.9 Å². The molecule has 0 unspecified atom stereocenters. The molecule has 1 aliphatic carbocycles. The summed E-state index contributed by atoms with van der Waals surface area (Å²) in [7, 11) is 0. The van der Waals surface area contributed by atoms with E-state index in [1.165, 1.54) is 31.4 Å². The fourth-order valence-corrected chi connectivity index (χ4v) is 4.84. The number of aromatic nitrogens is 1. The first-order valence-corrected chi connectivity index (χ1v) is 12.0. The molecule has 34 heavy (non-hydrogen) atoms. The van der Waals surface area contributed by atoms with Gasteiger partial charge in [-0.3, -0.25) is 9.59 Å². The number of amides is 1. The smallest absolute Gasteiger partial charge is 0.260 e. The molecule has 2 fully saturated rings. The van der Waals surface area contributed by atoms with E-state index in [1.54, 1.807) is 23.1 Å². The summed E-state index contributed by atoms with van der Waals surface area (Å²) in [5.41, 5.74) is 2.80. The molecule has 2 heterocycles. The Hall–Kier alpha value is -3.35. The minimum absolute atomic E-state index is 0.0177. The molecule has 0 N–H and O–H groups in total. The lowest BCUT2D eigenvalue weighted by molar-refractivity contribution is -0.133. The maximum absolute atomic E-state index is 13.2. The molecular weight excluding hydrogens is 433 g/mol. The van der Waals surface area contributed by atoms with Crippen LogP contribution in [0, 0.1) is 18.7 Å². The van der Waals surface area contributed by atoms with Crippen LogP contribution in [0.5, 0.6) is 5.75 Å². The highest BCUT2D eigenvalue weighted by atomic mass is 19.1. The zero-order valence-electron chi connectivity index (χ0n) is 19.5. The number of nitrogens with zero attached hydrogens (tertiary/aromatic N) is 3. The average molecular weight is 464 g/mol. The Kier molecular flexibility index (Phi) is 6.26. The third kappa shape index (κ3) is 4.65. The van der Waals surface area contributed by atoms with Crippen molar-refractivity contribution in [2.45, 2.75) is 32.7 Å². The van der Waals surface area contributed by atoms with Gasteiger partial charge in [0.2, 0.25) is 0 Å². The van der Waals surface area contributed by atoms with E-state index in [0.29, 0.717) is 37.8 Å². The maximum Gasteiger partial charge on any atom is 0.260 e. The molecule has 1 aromatic heterocycles. The summed E-state index contributed by atoms with van der Waals surface area (Å²) in [5.74, 6) is 0.843. The predicted molar refractivity (Wildman–Crippen MR) is 131 cm³/mol. The van der Waals surface area contributed by atoms with Crippen LogP contribution in [0.2, 0.25) is 0 Å². The number of anilines is 1. The van der Waals surface area contributed by atoms with Crippen LogP contribution in [0.3, 0.4) is 0 Å². The Morgan fingerprint density at radius 2 is 1.76 bits per heavy atom. The second-order valence-electron chi connectivity index (χ2n) is 9.39. The lowest BCUT2D eigenvalue weighted by Crippen LogP contribution is -2.50. The number of carbonyl (C=O) groups is 1. The average Bonchev–Trinajstić information content (AvgIpc) is 2.82. The van der Waals surface area contributed by atoms with Crippen molar-refractivity contribution in [1.29, 1.82) is 0 Å². The molecule has 6 nitrogen and oxygen atoms in total. The van der Waals surface area contributed by atoms with Crippen molar-refractivity contribution in [3.8, 4) is 5.75 Å². The van der Waals surface area contributed by atoms with Gasteiger partial charge in [-0.25, -0.2) is 4.39 Å². The summed E-state index contributed by atoms with van der Waals surface area (Å²) < 4.78 is 20.9. The second kappa shape index (κ2) is 9.49. The molecule has 7 heteroatoms. The maximum atomic E-state index is 13.2. The van der Waals surface area contributed by atoms with E-state index >= 15 is 0 Å². The number of hydrogen-bond acceptors (Lipinski definition) is 4. The van der Waals surface area contributed by atoms with Gasteiger partial charge in [-0.1, -0.05) is 6.42 Å². The Balaban J connectivity index is 1.23. The third-order valence-corrected chi connectivity index (χ3v) is 7.14. The minimum Gasteiger partial charge on any atom is -0.484 e. The molecule has 5 rings (SSSR count). The van der Waals surface area contributed by atoms with Crippen LogP contribution < -0.4 is 15.2 Å². The molecule has 3 aromatic rings. The van der Waals surface area contributed by atoms with Gasteiger partial charge in [0.05, 0.1) is 5.52 Å². The molecule has 0 radical (unpaired) electrons. The van der Waals surface area contributed by atoms with E-state index < -0.39 is 0 Å². The number of rotatable bonds is 6. The van der Waals surface area contributed by atoms with E-state index in [9.17, 15) is 14.0 Å². The fraction of sp³-hybridized carbons (Fsp3) is 0.407. The van der Waals surface area contributed by atoms with Gasteiger partial charge in [0, 0.05) is 55.9 Å². The molecule has 1 aliphatic heterocycles. The number of hydrogen-bond donors (Lipinski definition) is 0.